The Labute approximate surface area is 113 Å². The highest BCUT2D eigenvalue weighted by Gasteiger charge is 2.14. The van der Waals surface area contributed by atoms with Crippen LogP contribution in [0.15, 0.2) is 18.2 Å². The largest absolute Gasteiger partial charge is 0.383 e. The fraction of sp³-hybridized carbons (Fsp3) is 0.538. The fourth-order valence-electron chi connectivity index (χ4n) is 1.77. The van der Waals surface area contributed by atoms with Crippen LogP contribution in [-0.4, -0.2) is 19.8 Å². The molecule has 0 saturated carbocycles. The highest BCUT2D eigenvalue weighted by molar-refractivity contribution is 6.33. The van der Waals surface area contributed by atoms with Gasteiger partial charge in [0.2, 0.25) is 0 Å². The number of ether oxygens (including phenoxy) is 1. The van der Waals surface area contributed by atoms with E-state index in [9.17, 15) is 0 Å². The quantitative estimate of drug-likeness (QED) is 0.845. The zero-order chi connectivity index (χ0) is 12.8. The molecule has 0 aliphatic carbocycles. The van der Waals surface area contributed by atoms with Gasteiger partial charge < -0.3 is 10.1 Å². The van der Waals surface area contributed by atoms with Gasteiger partial charge >= 0.3 is 0 Å². The van der Waals surface area contributed by atoms with Crippen molar-refractivity contribution in [3.63, 3.8) is 0 Å². The van der Waals surface area contributed by atoms with Gasteiger partial charge in [-0.05, 0) is 37.1 Å². The molecule has 0 aromatic heterocycles. The van der Waals surface area contributed by atoms with Gasteiger partial charge in [0, 0.05) is 29.2 Å². The summed E-state index contributed by atoms with van der Waals surface area (Å²) in [6.45, 7) is 4.90. The summed E-state index contributed by atoms with van der Waals surface area (Å²) in [5, 5.41) is 4.93. The number of rotatable bonds is 6. The number of hydrogen-bond donors (Lipinski definition) is 1. The lowest BCUT2D eigenvalue weighted by Crippen LogP contribution is -2.34. The highest BCUT2D eigenvalue weighted by atomic mass is 35.5. The lowest BCUT2D eigenvalue weighted by molar-refractivity contribution is 0.159. The first-order chi connectivity index (χ1) is 8.08. The van der Waals surface area contributed by atoms with Crippen LogP contribution in [0.5, 0.6) is 0 Å². The molecule has 1 aromatic carbocycles. The molecule has 2 nitrogen and oxygen atoms in total. The summed E-state index contributed by atoms with van der Waals surface area (Å²) in [7, 11) is 1.71. The van der Waals surface area contributed by atoms with E-state index in [0.717, 1.165) is 17.0 Å². The lowest BCUT2D eigenvalue weighted by atomic mass is 10.1. The van der Waals surface area contributed by atoms with E-state index in [4.69, 9.17) is 27.9 Å². The van der Waals surface area contributed by atoms with Crippen molar-refractivity contribution in [1.82, 2.24) is 5.32 Å². The molecule has 4 heteroatoms. The summed E-state index contributed by atoms with van der Waals surface area (Å²) in [4.78, 5) is 0. The Bertz CT molecular complexity index is 357. The van der Waals surface area contributed by atoms with Crippen LogP contribution in [0.25, 0.3) is 0 Å². The Morgan fingerprint density at radius 2 is 2.06 bits per heavy atom. The third kappa shape index (κ3) is 4.47. The summed E-state index contributed by atoms with van der Waals surface area (Å²) in [6.07, 6.45) is 1.01. The molecule has 17 heavy (non-hydrogen) atoms. The van der Waals surface area contributed by atoms with Crippen LogP contribution in [0, 0.1) is 0 Å². The minimum absolute atomic E-state index is 0.154. The van der Waals surface area contributed by atoms with Gasteiger partial charge in [-0.25, -0.2) is 0 Å². The molecule has 96 valence electrons. The maximum Gasteiger partial charge on any atom is 0.0615 e. The summed E-state index contributed by atoms with van der Waals surface area (Å²) >= 11 is 12.1. The Balaban J connectivity index is 2.74. The molecule has 0 radical (unpaired) electrons. The number of hydrogen-bond acceptors (Lipinski definition) is 2. The van der Waals surface area contributed by atoms with Crippen LogP contribution < -0.4 is 5.32 Å². The van der Waals surface area contributed by atoms with Gasteiger partial charge in [0.15, 0.2) is 0 Å². The Morgan fingerprint density at radius 3 is 2.65 bits per heavy atom. The Morgan fingerprint density at radius 1 is 1.35 bits per heavy atom. The molecule has 1 rings (SSSR count). The normalized spacial score (nSPS) is 14.6. The summed E-state index contributed by atoms with van der Waals surface area (Å²) in [5.74, 6) is 0. The molecule has 0 spiro atoms. The highest BCUT2D eigenvalue weighted by Crippen LogP contribution is 2.26. The molecule has 2 unspecified atom stereocenters. The van der Waals surface area contributed by atoms with Gasteiger partial charge in [0.25, 0.3) is 0 Å². The van der Waals surface area contributed by atoms with Gasteiger partial charge in [-0.3, -0.25) is 0 Å². The van der Waals surface area contributed by atoms with Gasteiger partial charge in [-0.2, -0.15) is 0 Å². The second-order valence-electron chi connectivity index (χ2n) is 4.11. The van der Waals surface area contributed by atoms with Crippen LogP contribution >= 0.6 is 23.2 Å². The first-order valence-corrected chi connectivity index (χ1v) is 6.54. The van der Waals surface area contributed by atoms with Crippen LogP contribution in [0.3, 0.4) is 0 Å². The van der Waals surface area contributed by atoms with E-state index >= 15 is 0 Å². The van der Waals surface area contributed by atoms with Gasteiger partial charge in [-0.15, -0.1) is 0 Å². The second-order valence-corrected chi connectivity index (χ2v) is 4.96. The first kappa shape index (κ1) is 14.8. The van der Waals surface area contributed by atoms with E-state index in [0.29, 0.717) is 17.7 Å². The molecule has 0 aliphatic heterocycles. The minimum atomic E-state index is 0.154. The number of methoxy groups -OCH3 is 1. The molecule has 1 N–H and O–H groups in total. The topological polar surface area (TPSA) is 21.3 Å². The standard InChI is InChI=1S/C13H19Cl2NO/c1-4-11(8-17-3)16-9(2)12-7-10(14)5-6-13(12)15/h5-7,9,11,16H,4,8H2,1-3H3. The second kappa shape index (κ2) is 7.22. The van der Waals surface area contributed by atoms with E-state index in [2.05, 4.69) is 19.2 Å². The van der Waals surface area contributed by atoms with Crippen LogP contribution in [0.4, 0.5) is 0 Å². The van der Waals surface area contributed by atoms with Crippen molar-refractivity contribution in [3.05, 3.63) is 33.8 Å². The van der Waals surface area contributed by atoms with Crippen molar-refractivity contribution in [1.29, 1.82) is 0 Å². The van der Waals surface area contributed by atoms with Crippen LogP contribution in [-0.2, 0) is 4.74 Å². The Hall–Kier alpha value is -0.280. The maximum atomic E-state index is 6.16. The molecular weight excluding hydrogens is 257 g/mol. The van der Waals surface area contributed by atoms with Crippen molar-refractivity contribution in [3.8, 4) is 0 Å². The molecule has 0 amide bonds. The van der Waals surface area contributed by atoms with Crippen molar-refractivity contribution >= 4 is 23.2 Å². The predicted octanol–water partition coefficient (Wildman–Crippen LogP) is 4.07. The van der Waals surface area contributed by atoms with E-state index < -0.39 is 0 Å². The molecule has 2 atom stereocenters. The van der Waals surface area contributed by atoms with Gasteiger partial charge in [-0.1, -0.05) is 30.1 Å². The lowest BCUT2D eigenvalue weighted by Gasteiger charge is -2.22. The number of benzene rings is 1. The van der Waals surface area contributed by atoms with Gasteiger partial charge in [0.1, 0.15) is 0 Å². The summed E-state index contributed by atoms with van der Waals surface area (Å²) in [6, 6.07) is 6.01. The van der Waals surface area contributed by atoms with E-state index in [1.807, 2.05) is 12.1 Å². The van der Waals surface area contributed by atoms with E-state index in [1.54, 1.807) is 13.2 Å². The van der Waals surface area contributed by atoms with Gasteiger partial charge in [0.05, 0.1) is 6.61 Å². The van der Waals surface area contributed by atoms with Crippen LogP contribution in [0.1, 0.15) is 31.9 Å². The smallest absolute Gasteiger partial charge is 0.0615 e. The van der Waals surface area contributed by atoms with E-state index in [-0.39, 0.29) is 6.04 Å². The third-order valence-corrected chi connectivity index (χ3v) is 3.35. The molecule has 0 bridgehead atoms. The predicted molar refractivity (Wildman–Crippen MR) is 74.0 cm³/mol. The molecule has 1 aromatic rings. The average Bonchev–Trinajstić information content (AvgIpc) is 2.31. The molecule has 0 fully saturated rings. The minimum Gasteiger partial charge on any atom is -0.383 e. The molecular formula is C13H19Cl2NO. The maximum absolute atomic E-state index is 6.16. The van der Waals surface area contributed by atoms with E-state index in [1.165, 1.54) is 0 Å². The molecule has 0 aliphatic rings. The Kier molecular flexibility index (Phi) is 6.28. The average molecular weight is 276 g/mol. The number of halogens is 2. The fourth-order valence-corrected chi connectivity index (χ4v) is 2.24. The SMILES string of the molecule is CCC(COC)NC(C)c1cc(Cl)ccc1Cl. The first-order valence-electron chi connectivity index (χ1n) is 5.78. The zero-order valence-corrected chi connectivity index (χ0v) is 12.0. The van der Waals surface area contributed by atoms with Crippen molar-refractivity contribution in [2.75, 3.05) is 13.7 Å². The summed E-state index contributed by atoms with van der Waals surface area (Å²) in [5.41, 5.74) is 1.02. The summed E-state index contributed by atoms with van der Waals surface area (Å²) < 4.78 is 5.16. The van der Waals surface area contributed by atoms with Crippen molar-refractivity contribution < 1.29 is 4.74 Å². The monoisotopic (exact) mass is 275 g/mol. The molecule has 0 heterocycles. The zero-order valence-electron chi connectivity index (χ0n) is 10.5. The third-order valence-electron chi connectivity index (χ3n) is 2.77. The molecule has 0 saturated heterocycles. The van der Waals surface area contributed by atoms with Crippen LogP contribution in [0.2, 0.25) is 10.0 Å². The van der Waals surface area contributed by atoms with Crippen molar-refractivity contribution in [2.45, 2.75) is 32.4 Å². The number of nitrogens with one attached hydrogen (secondary N) is 1. The van der Waals surface area contributed by atoms with Crippen molar-refractivity contribution in [2.24, 2.45) is 0 Å².